The normalized spacial score (nSPS) is 19.0. The number of pyridine rings is 1. The van der Waals surface area contributed by atoms with Crippen molar-refractivity contribution in [3.63, 3.8) is 0 Å². The summed E-state index contributed by atoms with van der Waals surface area (Å²) in [4.78, 5) is 6.64. The lowest BCUT2D eigenvalue weighted by atomic mass is 10.1. The maximum atomic E-state index is 9.02. The maximum Gasteiger partial charge on any atom is 0.231 e. The fourth-order valence-corrected chi connectivity index (χ4v) is 3.19. The third-order valence-electron chi connectivity index (χ3n) is 4.34. The van der Waals surface area contributed by atoms with Gasteiger partial charge in [-0.1, -0.05) is 6.07 Å². The first kappa shape index (κ1) is 14.6. The first-order chi connectivity index (χ1) is 11.8. The van der Waals surface area contributed by atoms with Crippen LogP contribution in [0, 0.1) is 11.3 Å². The predicted octanol–water partition coefficient (Wildman–Crippen LogP) is 2.76. The van der Waals surface area contributed by atoms with E-state index < -0.39 is 0 Å². The van der Waals surface area contributed by atoms with Crippen LogP contribution in [0.1, 0.15) is 18.5 Å². The van der Waals surface area contributed by atoms with E-state index >= 15 is 0 Å². The number of hydrogen-bond acceptors (Lipinski definition) is 6. The molecule has 4 rings (SSSR count). The average molecular weight is 322 g/mol. The lowest BCUT2D eigenvalue weighted by molar-refractivity contribution is 0.174. The molecule has 24 heavy (non-hydrogen) atoms. The Labute approximate surface area is 140 Å². The van der Waals surface area contributed by atoms with Crippen molar-refractivity contribution >= 4 is 11.5 Å². The van der Waals surface area contributed by atoms with Crippen molar-refractivity contribution in [3.8, 4) is 17.6 Å². The molecule has 0 spiro atoms. The van der Waals surface area contributed by atoms with Crippen LogP contribution >= 0.6 is 0 Å². The molecule has 122 valence electrons. The van der Waals surface area contributed by atoms with Crippen molar-refractivity contribution in [1.29, 1.82) is 5.26 Å². The fourth-order valence-electron chi connectivity index (χ4n) is 3.19. The van der Waals surface area contributed by atoms with Gasteiger partial charge in [0.05, 0.1) is 0 Å². The SMILES string of the molecule is N#Cc1cccc(N2CCC[C@H](Nc3ccc4c(c3)OCO4)C2)n1. The van der Waals surface area contributed by atoms with Gasteiger partial charge in [-0.05, 0) is 37.1 Å². The number of benzene rings is 1. The second-order valence-corrected chi connectivity index (χ2v) is 5.99. The molecule has 0 unspecified atom stereocenters. The van der Waals surface area contributed by atoms with Gasteiger partial charge >= 0.3 is 0 Å². The molecule has 0 radical (unpaired) electrons. The Morgan fingerprint density at radius 1 is 1.21 bits per heavy atom. The van der Waals surface area contributed by atoms with Gasteiger partial charge in [-0.25, -0.2) is 4.98 Å². The first-order valence-corrected chi connectivity index (χ1v) is 8.10. The summed E-state index contributed by atoms with van der Waals surface area (Å²) >= 11 is 0. The van der Waals surface area contributed by atoms with Crippen LogP contribution in [0.3, 0.4) is 0 Å². The molecule has 1 N–H and O–H groups in total. The van der Waals surface area contributed by atoms with Gasteiger partial charge in [0.15, 0.2) is 11.5 Å². The van der Waals surface area contributed by atoms with Crippen LogP contribution in [0.15, 0.2) is 36.4 Å². The summed E-state index contributed by atoms with van der Waals surface area (Å²) in [6, 6.07) is 13.9. The highest BCUT2D eigenvalue weighted by molar-refractivity contribution is 5.56. The van der Waals surface area contributed by atoms with Crippen molar-refractivity contribution < 1.29 is 9.47 Å². The van der Waals surface area contributed by atoms with Gasteiger partial charge in [-0.2, -0.15) is 5.26 Å². The van der Waals surface area contributed by atoms with Crippen molar-refractivity contribution in [2.75, 3.05) is 30.1 Å². The molecule has 0 amide bonds. The van der Waals surface area contributed by atoms with Crippen molar-refractivity contribution in [1.82, 2.24) is 4.98 Å². The van der Waals surface area contributed by atoms with E-state index in [9.17, 15) is 0 Å². The molecule has 3 heterocycles. The van der Waals surface area contributed by atoms with E-state index in [-0.39, 0.29) is 6.79 Å². The lowest BCUT2D eigenvalue weighted by Crippen LogP contribution is -2.42. The third kappa shape index (κ3) is 2.93. The minimum absolute atomic E-state index is 0.289. The van der Waals surface area contributed by atoms with Crippen LogP contribution in [0.5, 0.6) is 11.5 Å². The second-order valence-electron chi connectivity index (χ2n) is 5.99. The Bertz CT molecular complexity index is 787. The van der Waals surface area contributed by atoms with Gasteiger partial charge in [0, 0.05) is 30.9 Å². The standard InChI is InChI=1S/C18H18N4O2/c19-10-14-3-1-5-18(21-14)22-8-2-4-15(11-22)20-13-6-7-16-17(9-13)24-12-23-16/h1,3,5-7,9,15,20H,2,4,8,11-12H2/t15-/m0/s1. The number of nitrogens with zero attached hydrogens (tertiary/aromatic N) is 3. The molecular weight excluding hydrogens is 304 g/mol. The van der Waals surface area contributed by atoms with E-state index in [2.05, 4.69) is 21.3 Å². The van der Waals surface area contributed by atoms with Crippen LogP contribution < -0.4 is 19.7 Å². The summed E-state index contributed by atoms with van der Waals surface area (Å²) in [6.45, 7) is 2.11. The molecule has 1 fully saturated rings. The highest BCUT2D eigenvalue weighted by Gasteiger charge is 2.22. The van der Waals surface area contributed by atoms with E-state index in [4.69, 9.17) is 14.7 Å². The predicted molar refractivity (Wildman–Crippen MR) is 90.4 cm³/mol. The average Bonchev–Trinajstić information content (AvgIpc) is 3.10. The Balaban J connectivity index is 1.46. The highest BCUT2D eigenvalue weighted by atomic mass is 16.7. The summed E-state index contributed by atoms with van der Waals surface area (Å²) in [5.41, 5.74) is 1.49. The molecule has 1 aromatic carbocycles. The Morgan fingerprint density at radius 2 is 2.12 bits per heavy atom. The summed E-state index contributed by atoms with van der Waals surface area (Å²) < 4.78 is 10.8. The molecule has 0 bridgehead atoms. The maximum absolute atomic E-state index is 9.02. The molecule has 6 nitrogen and oxygen atoms in total. The molecule has 1 saturated heterocycles. The van der Waals surface area contributed by atoms with Crippen molar-refractivity contribution in [2.45, 2.75) is 18.9 Å². The smallest absolute Gasteiger partial charge is 0.231 e. The van der Waals surface area contributed by atoms with Crippen LogP contribution in [0.4, 0.5) is 11.5 Å². The number of hydrogen-bond donors (Lipinski definition) is 1. The summed E-state index contributed by atoms with van der Waals surface area (Å²) in [5.74, 6) is 2.45. The first-order valence-electron chi connectivity index (χ1n) is 8.10. The summed E-state index contributed by atoms with van der Waals surface area (Å²) in [7, 11) is 0. The van der Waals surface area contributed by atoms with Gasteiger partial charge in [0.25, 0.3) is 0 Å². The van der Waals surface area contributed by atoms with E-state index in [0.717, 1.165) is 48.9 Å². The number of piperidine rings is 1. The fraction of sp³-hybridized carbons (Fsp3) is 0.333. The van der Waals surface area contributed by atoms with E-state index in [1.165, 1.54) is 0 Å². The minimum Gasteiger partial charge on any atom is -0.454 e. The quantitative estimate of drug-likeness (QED) is 0.937. The largest absolute Gasteiger partial charge is 0.454 e. The van der Waals surface area contributed by atoms with Crippen molar-refractivity contribution in [2.24, 2.45) is 0 Å². The highest BCUT2D eigenvalue weighted by Crippen LogP contribution is 2.34. The number of rotatable bonds is 3. The lowest BCUT2D eigenvalue weighted by Gasteiger charge is -2.34. The van der Waals surface area contributed by atoms with Crippen molar-refractivity contribution in [3.05, 3.63) is 42.1 Å². The molecule has 6 heteroatoms. The Hall–Kier alpha value is -2.94. The molecular formula is C18H18N4O2. The minimum atomic E-state index is 0.289. The van der Waals surface area contributed by atoms with Gasteiger partial charge in [-0.3, -0.25) is 0 Å². The van der Waals surface area contributed by atoms with Gasteiger partial charge < -0.3 is 19.7 Å². The topological polar surface area (TPSA) is 70.4 Å². The number of fused-ring (bicyclic) bond motifs is 1. The van der Waals surface area contributed by atoms with Gasteiger partial charge in [-0.15, -0.1) is 0 Å². The third-order valence-corrected chi connectivity index (χ3v) is 4.34. The molecule has 2 aliphatic heterocycles. The Kier molecular flexibility index (Phi) is 3.83. The molecule has 2 aliphatic rings. The van der Waals surface area contributed by atoms with Crippen LogP contribution in [0.2, 0.25) is 0 Å². The second kappa shape index (κ2) is 6.28. The van der Waals surface area contributed by atoms with Crippen LogP contribution in [-0.4, -0.2) is 30.9 Å². The zero-order valence-corrected chi connectivity index (χ0v) is 13.2. The zero-order chi connectivity index (χ0) is 16.4. The summed E-state index contributed by atoms with van der Waals surface area (Å²) in [5, 5.41) is 12.6. The number of nitriles is 1. The number of aromatic nitrogens is 1. The Morgan fingerprint density at radius 3 is 3.04 bits per heavy atom. The number of nitrogens with one attached hydrogen (secondary N) is 1. The van der Waals surface area contributed by atoms with Gasteiger partial charge in [0.1, 0.15) is 17.6 Å². The van der Waals surface area contributed by atoms with Crippen LogP contribution in [0.25, 0.3) is 0 Å². The van der Waals surface area contributed by atoms with Crippen LogP contribution in [-0.2, 0) is 0 Å². The monoisotopic (exact) mass is 322 g/mol. The van der Waals surface area contributed by atoms with E-state index in [1.807, 2.05) is 30.3 Å². The van der Waals surface area contributed by atoms with E-state index in [0.29, 0.717) is 11.7 Å². The molecule has 0 saturated carbocycles. The van der Waals surface area contributed by atoms with E-state index in [1.54, 1.807) is 6.07 Å². The number of anilines is 2. The van der Waals surface area contributed by atoms with Gasteiger partial charge in [0.2, 0.25) is 6.79 Å². The molecule has 2 aromatic rings. The zero-order valence-electron chi connectivity index (χ0n) is 13.2. The molecule has 1 aromatic heterocycles. The molecule has 1 atom stereocenters. The summed E-state index contributed by atoms with van der Waals surface area (Å²) in [6.07, 6.45) is 2.18. The molecule has 0 aliphatic carbocycles. The number of ether oxygens (including phenoxy) is 2.